The number of hydrogen-bond acceptors (Lipinski definition) is 2. The van der Waals surface area contributed by atoms with Crippen LogP contribution in [0.5, 0.6) is 0 Å². The lowest BCUT2D eigenvalue weighted by atomic mass is 10.2. The second-order valence-electron chi connectivity index (χ2n) is 3.88. The minimum Gasteiger partial charge on any atom is -0.207 e. The van der Waals surface area contributed by atoms with Crippen molar-refractivity contribution in [3.8, 4) is 0 Å². The van der Waals surface area contributed by atoms with Crippen LogP contribution in [0.1, 0.15) is 25.8 Å². The van der Waals surface area contributed by atoms with E-state index >= 15 is 0 Å². The average Bonchev–Trinajstić information content (AvgIpc) is 2.35. The third kappa shape index (κ3) is 3.38. The van der Waals surface area contributed by atoms with Crippen LogP contribution in [0.15, 0.2) is 23.1 Å². The van der Waals surface area contributed by atoms with Gasteiger partial charge in [0.25, 0.3) is 0 Å². The molecular formula is C12H17Cl2NO2S. The predicted molar refractivity (Wildman–Crippen MR) is 75.7 cm³/mol. The van der Waals surface area contributed by atoms with Crippen LogP contribution in [0.2, 0.25) is 5.02 Å². The second kappa shape index (κ2) is 6.75. The number of nitrogens with zero attached hydrogens (tertiary/aromatic N) is 1. The zero-order chi connectivity index (χ0) is 13.8. The molecule has 6 heteroatoms. The molecule has 102 valence electrons. The van der Waals surface area contributed by atoms with Crippen molar-refractivity contribution in [1.82, 2.24) is 4.31 Å². The minimum atomic E-state index is -3.45. The third-order valence-corrected chi connectivity index (χ3v) is 5.25. The first-order valence-electron chi connectivity index (χ1n) is 5.81. The number of rotatable bonds is 6. The third-order valence-electron chi connectivity index (χ3n) is 2.62. The van der Waals surface area contributed by atoms with E-state index in [1.807, 2.05) is 13.8 Å². The summed E-state index contributed by atoms with van der Waals surface area (Å²) in [6, 6.07) is 4.64. The van der Waals surface area contributed by atoms with E-state index in [-0.39, 0.29) is 10.8 Å². The molecule has 0 aliphatic rings. The highest BCUT2D eigenvalue weighted by atomic mass is 35.5. The van der Waals surface area contributed by atoms with Crippen LogP contribution in [0.25, 0.3) is 0 Å². The smallest absolute Gasteiger partial charge is 0.207 e. The molecule has 0 aromatic heterocycles. The summed E-state index contributed by atoms with van der Waals surface area (Å²) in [6.45, 7) is 4.74. The van der Waals surface area contributed by atoms with Gasteiger partial charge in [0.1, 0.15) is 0 Å². The zero-order valence-electron chi connectivity index (χ0n) is 10.5. The molecule has 18 heavy (non-hydrogen) atoms. The number of halogens is 2. The fraction of sp³-hybridized carbons (Fsp3) is 0.500. The molecule has 0 unspecified atom stereocenters. The monoisotopic (exact) mass is 309 g/mol. The van der Waals surface area contributed by atoms with Crippen LogP contribution in [0.4, 0.5) is 0 Å². The van der Waals surface area contributed by atoms with Gasteiger partial charge in [-0.05, 0) is 30.2 Å². The molecule has 0 spiro atoms. The van der Waals surface area contributed by atoms with Crippen molar-refractivity contribution in [1.29, 1.82) is 0 Å². The topological polar surface area (TPSA) is 37.4 Å². The molecule has 0 radical (unpaired) electrons. The first kappa shape index (κ1) is 15.8. The van der Waals surface area contributed by atoms with E-state index < -0.39 is 10.0 Å². The van der Waals surface area contributed by atoms with Gasteiger partial charge < -0.3 is 0 Å². The molecule has 0 saturated carbocycles. The Morgan fingerprint density at radius 2 is 1.94 bits per heavy atom. The molecule has 0 fully saturated rings. The van der Waals surface area contributed by atoms with Gasteiger partial charge in [-0.3, -0.25) is 0 Å². The molecule has 1 rings (SSSR count). The lowest BCUT2D eigenvalue weighted by Gasteiger charge is -2.20. The van der Waals surface area contributed by atoms with Crippen molar-refractivity contribution >= 4 is 33.2 Å². The molecule has 0 atom stereocenters. The highest BCUT2D eigenvalue weighted by Gasteiger charge is 2.22. The van der Waals surface area contributed by atoms with Gasteiger partial charge in [0, 0.05) is 24.0 Å². The Morgan fingerprint density at radius 3 is 2.44 bits per heavy atom. The summed E-state index contributed by atoms with van der Waals surface area (Å²) in [6.07, 6.45) is 0.781. The molecule has 0 amide bonds. The van der Waals surface area contributed by atoms with Gasteiger partial charge in [0.15, 0.2) is 0 Å². The molecule has 0 saturated heterocycles. The van der Waals surface area contributed by atoms with Gasteiger partial charge in [0.2, 0.25) is 10.0 Å². The molecule has 0 aliphatic carbocycles. The van der Waals surface area contributed by atoms with Crippen molar-refractivity contribution in [2.45, 2.75) is 31.0 Å². The first-order valence-corrected chi connectivity index (χ1v) is 8.17. The standard InChI is InChI=1S/C12H17Cl2NO2S/c1-3-7-15(4-2)18(16,17)11-5-6-12(14)10(8-11)9-13/h5-6,8H,3-4,7,9H2,1-2H3. The van der Waals surface area contributed by atoms with Crippen molar-refractivity contribution in [2.24, 2.45) is 0 Å². The molecule has 1 aromatic rings. The Morgan fingerprint density at radius 1 is 1.28 bits per heavy atom. The number of sulfonamides is 1. The summed E-state index contributed by atoms with van der Waals surface area (Å²) in [7, 11) is -3.45. The van der Waals surface area contributed by atoms with E-state index in [9.17, 15) is 8.42 Å². The van der Waals surface area contributed by atoms with Crippen LogP contribution in [0, 0.1) is 0 Å². The zero-order valence-corrected chi connectivity index (χ0v) is 12.8. The minimum absolute atomic E-state index is 0.197. The maximum atomic E-state index is 12.4. The highest BCUT2D eigenvalue weighted by molar-refractivity contribution is 7.89. The van der Waals surface area contributed by atoms with Crippen LogP contribution >= 0.6 is 23.2 Å². The van der Waals surface area contributed by atoms with Crippen LogP contribution in [0.3, 0.4) is 0 Å². The predicted octanol–water partition coefficient (Wildman–Crippen LogP) is 3.50. The fourth-order valence-electron chi connectivity index (χ4n) is 1.66. The van der Waals surface area contributed by atoms with Crippen molar-refractivity contribution in [3.05, 3.63) is 28.8 Å². The summed E-state index contributed by atoms with van der Waals surface area (Å²) in [5.41, 5.74) is 0.631. The van der Waals surface area contributed by atoms with Crippen molar-refractivity contribution < 1.29 is 8.42 Å². The molecular weight excluding hydrogens is 293 g/mol. The SMILES string of the molecule is CCCN(CC)S(=O)(=O)c1ccc(Cl)c(CCl)c1. The van der Waals surface area contributed by atoms with E-state index in [2.05, 4.69) is 0 Å². The number of hydrogen-bond donors (Lipinski definition) is 0. The average molecular weight is 310 g/mol. The molecule has 0 N–H and O–H groups in total. The van der Waals surface area contributed by atoms with E-state index in [0.29, 0.717) is 23.7 Å². The van der Waals surface area contributed by atoms with Gasteiger partial charge in [0.05, 0.1) is 4.90 Å². The summed E-state index contributed by atoms with van der Waals surface area (Å²) in [5, 5.41) is 0.488. The van der Waals surface area contributed by atoms with Crippen molar-refractivity contribution in [3.63, 3.8) is 0 Å². The number of alkyl halides is 1. The van der Waals surface area contributed by atoms with Crippen molar-refractivity contribution in [2.75, 3.05) is 13.1 Å². The van der Waals surface area contributed by atoms with E-state index in [1.54, 1.807) is 12.1 Å². The number of benzene rings is 1. The summed E-state index contributed by atoms with van der Waals surface area (Å²) in [5.74, 6) is 0.197. The molecule has 3 nitrogen and oxygen atoms in total. The Hall–Kier alpha value is -0.290. The maximum Gasteiger partial charge on any atom is 0.243 e. The van der Waals surface area contributed by atoms with Gasteiger partial charge in [-0.25, -0.2) is 8.42 Å². The van der Waals surface area contributed by atoms with E-state index in [0.717, 1.165) is 6.42 Å². The Bertz CT molecular complexity index is 503. The van der Waals surface area contributed by atoms with Gasteiger partial charge in [-0.15, -0.1) is 11.6 Å². The Labute approximate surface area is 119 Å². The van der Waals surface area contributed by atoms with Crippen LogP contribution < -0.4 is 0 Å². The van der Waals surface area contributed by atoms with Gasteiger partial charge >= 0.3 is 0 Å². The molecule has 0 bridgehead atoms. The molecule has 1 aromatic carbocycles. The molecule has 0 aliphatic heterocycles. The summed E-state index contributed by atoms with van der Waals surface area (Å²) < 4.78 is 26.2. The van der Waals surface area contributed by atoms with Gasteiger partial charge in [-0.1, -0.05) is 25.4 Å². The van der Waals surface area contributed by atoms with E-state index in [4.69, 9.17) is 23.2 Å². The summed E-state index contributed by atoms with van der Waals surface area (Å²) in [4.78, 5) is 0.248. The quantitative estimate of drug-likeness (QED) is 0.754. The second-order valence-corrected chi connectivity index (χ2v) is 6.50. The largest absolute Gasteiger partial charge is 0.243 e. The van der Waals surface area contributed by atoms with Gasteiger partial charge in [-0.2, -0.15) is 4.31 Å². The lowest BCUT2D eigenvalue weighted by Crippen LogP contribution is -2.31. The first-order chi connectivity index (χ1) is 8.47. The maximum absolute atomic E-state index is 12.4. The summed E-state index contributed by atoms with van der Waals surface area (Å²) >= 11 is 11.7. The Kier molecular flexibility index (Phi) is 5.92. The Balaban J connectivity index is 3.19. The fourth-order valence-corrected chi connectivity index (χ4v) is 3.73. The van der Waals surface area contributed by atoms with Crippen LogP contribution in [-0.2, 0) is 15.9 Å². The molecule has 0 heterocycles. The highest BCUT2D eigenvalue weighted by Crippen LogP contribution is 2.24. The normalized spacial score (nSPS) is 12.1. The lowest BCUT2D eigenvalue weighted by molar-refractivity contribution is 0.427. The van der Waals surface area contributed by atoms with Crippen LogP contribution in [-0.4, -0.2) is 25.8 Å². The van der Waals surface area contributed by atoms with E-state index in [1.165, 1.54) is 10.4 Å².